The number of fused-ring (bicyclic) bond motifs is 5. The van der Waals surface area contributed by atoms with Crippen molar-refractivity contribution in [3.63, 3.8) is 0 Å². The summed E-state index contributed by atoms with van der Waals surface area (Å²) < 4.78 is 0. The maximum Gasteiger partial charge on any atom is 0.293 e. The Balaban J connectivity index is 1.41. The molecule has 7 nitrogen and oxygen atoms in total. The molecule has 1 aliphatic rings. The SMILES string of the molecule is Cc1cccc2c1N(c1ccccc1[N+](=O)[O-])c1ccc(-c3nc(-c4ccccc4)nc(-c4ccccc4)n3)cc1-c1ccccc1-2. The lowest BCUT2D eigenvalue weighted by molar-refractivity contribution is -0.384. The molecule has 2 heterocycles. The minimum atomic E-state index is -0.319. The molecule has 0 aliphatic carbocycles. The number of hydrogen-bond acceptors (Lipinski definition) is 6. The van der Waals surface area contributed by atoms with Crippen molar-refractivity contribution in [3.05, 3.63) is 161 Å². The van der Waals surface area contributed by atoms with Crippen LogP contribution in [0.3, 0.4) is 0 Å². The minimum absolute atomic E-state index is 0.0279. The van der Waals surface area contributed by atoms with Crippen molar-refractivity contribution in [2.24, 2.45) is 0 Å². The third-order valence-corrected chi connectivity index (χ3v) is 8.48. The summed E-state index contributed by atoms with van der Waals surface area (Å²) in [5.41, 5.74) is 9.79. The van der Waals surface area contributed by atoms with Crippen molar-refractivity contribution in [3.8, 4) is 56.4 Å². The van der Waals surface area contributed by atoms with E-state index < -0.39 is 0 Å². The lowest BCUT2D eigenvalue weighted by Gasteiger charge is -2.28. The fraction of sp³-hybridized carbons (Fsp3) is 0.0250. The molecule has 0 saturated carbocycles. The van der Waals surface area contributed by atoms with Crippen LogP contribution in [-0.4, -0.2) is 19.9 Å². The second-order valence-electron chi connectivity index (χ2n) is 11.4. The number of nitro groups is 1. The Labute approximate surface area is 271 Å². The van der Waals surface area contributed by atoms with E-state index in [1.54, 1.807) is 12.1 Å². The molecule has 0 amide bonds. The predicted molar refractivity (Wildman–Crippen MR) is 187 cm³/mol. The molecular formula is C40H27N5O2. The van der Waals surface area contributed by atoms with Gasteiger partial charge in [0, 0.05) is 33.9 Å². The van der Waals surface area contributed by atoms with E-state index in [0.717, 1.165) is 55.9 Å². The molecule has 0 spiro atoms. The topological polar surface area (TPSA) is 85.0 Å². The number of nitro benzene ring substituents is 1. The largest absolute Gasteiger partial charge is 0.303 e. The normalized spacial score (nSPS) is 11.6. The van der Waals surface area contributed by atoms with Crippen LogP contribution in [0.1, 0.15) is 5.56 Å². The smallest absolute Gasteiger partial charge is 0.293 e. The average molecular weight is 610 g/mol. The highest BCUT2D eigenvalue weighted by atomic mass is 16.6. The van der Waals surface area contributed by atoms with Crippen molar-refractivity contribution in [1.82, 2.24) is 15.0 Å². The van der Waals surface area contributed by atoms with Gasteiger partial charge < -0.3 is 4.90 Å². The van der Waals surface area contributed by atoms with Gasteiger partial charge in [-0.05, 0) is 47.9 Å². The second-order valence-corrected chi connectivity index (χ2v) is 11.4. The summed E-state index contributed by atoms with van der Waals surface area (Å²) in [7, 11) is 0. The molecule has 0 unspecified atom stereocenters. The molecule has 47 heavy (non-hydrogen) atoms. The van der Waals surface area contributed by atoms with Crippen LogP contribution in [0.2, 0.25) is 0 Å². The Morgan fingerprint density at radius 1 is 0.511 bits per heavy atom. The lowest BCUT2D eigenvalue weighted by Crippen LogP contribution is -2.14. The molecular weight excluding hydrogens is 582 g/mol. The van der Waals surface area contributed by atoms with Gasteiger partial charge in [0.2, 0.25) is 0 Å². The monoisotopic (exact) mass is 609 g/mol. The summed E-state index contributed by atoms with van der Waals surface area (Å²) in [6.07, 6.45) is 0. The fourth-order valence-electron chi connectivity index (χ4n) is 6.33. The number of hydrogen-bond donors (Lipinski definition) is 0. The van der Waals surface area contributed by atoms with Crippen molar-refractivity contribution < 1.29 is 4.92 Å². The summed E-state index contributed by atoms with van der Waals surface area (Å²) >= 11 is 0. The van der Waals surface area contributed by atoms with Crippen LogP contribution >= 0.6 is 0 Å². The Hall–Kier alpha value is -6.47. The third kappa shape index (κ3) is 4.91. The number of benzene rings is 6. The molecule has 8 rings (SSSR count). The van der Waals surface area contributed by atoms with Crippen LogP contribution in [0.5, 0.6) is 0 Å². The van der Waals surface area contributed by atoms with E-state index in [9.17, 15) is 10.1 Å². The fourth-order valence-corrected chi connectivity index (χ4v) is 6.33. The quantitative estimate of drug-likeness (QED) is 0.143. The van der Waals surface area contributed by atoms with Gasteiger partial charge in [-0.1, -0.05) is 115 Å². The number of para-hydroxylation sites is 3. The number of aryl methyl sites for hydroxylation is 1. The molecule has 7 heteroatoms. The van der Waals surface area contributed by atoms with Crippen LogP contribution in [0.25, 0.3) is 56.4 Å². The van der Waals surface area contributed by atoms with E-state index in [-0.39, 0.29) is 10.6 Å². The second kappa shape index (κ2) is 11.5. The average Bonchev–Trinajstić information content (AvgIpc) is 3.25. The van der Waals surface area contributed by atoms with Gasteiger partial charge in [0.15, 0.2) is 17.5 Å². The molecule has 0 atom stereocenters. The van der Waals surface area contributed by atoms with Crippen molar-refractivity contribution in [2.45, 2.75) is 6.92 Å². The molecule has 7 aromatic rings. The van der Waals surface area contributed by atoms with Gasteiger partial charge in [0.05, 0.1) is 16.3 Å². The lowest BCUT2D eigenvalue weighted by atomic mass is 9.93. The van der Waals surface area contributed by atoms with E-state index in [2.05, 4.69) is 24.3 Å². The van der Waals surface area contributed by atoms with Crippen LogP contribution in [0, 0.1) is 17.0 Å². The Kier molecular flexibility index (Phi) is 6.84. The summed E-state index contributed by atoms with van der Waals surface area (Å²) in [6, 6.07) is 47.2. The molecule has 224 valence electrons. The number of aromatic nitrogens is 3. The zero-order valence-electron chi connectivity index (χ0n) is 25.4. The van der Waals surface area contributed by atoms with Gasteiger partial charge in [0.25, 0.3) is 5.69 Å². The van der Waals surface area contributed by atoms with E-state index in [1.165, 1.54) is 0 Å². The molecule has 0 saturated heterocycles. The highest BCUT2D eigenvalue weighted by molar-refractivity contribution is 6.04. The molecule has 6 aromatic carbocycles. The zero-order valence-corrected chi connectivity index (χ0v) is 25.4. The van der Waals surface area contributed by atoms with Crippen molar-refractivity contribution >= 4 is 22.7 Å². The Morgan fingerprint density at radius 3 is 1.68 bits per heavy atom. The molecule has 0 fully saturated rings. The predicted octanol–water partition coefficient (Wildman–Crippen LogP) is 10.2. The van der Waals surface area contributed by atoms with Gasteiger partial charge in [-0.2, -0.15) is 0 Å². The third-order valence-electron chi connectivity index (χ3n) is 8.48. The van der Waals surface area contributed by atoms with Crippen LogP contribution in [0.4, 0.5) is 22.7 Å². The van der Waals surface area contributed by atoms with Crippen molar-refractivity contribution in [1.29, 1.82) is 0 Å². The van der Waals surface area contributed by atoms with Gasteiger partial charge in [-0.3, -0.25) is 10.1 Å². The summed E-state index contributed by atoms with van der Waals surface area (Å²) in [6.45, 7) is 2.05. The molecule has 0 radical (unpaired) electrons. The first-order chi connectivity index (χ1) is 23.1. The van der Waals surface area contributed by atoms with E-state index in [4.69, 9.17) is 15.0 Å². The Morgan fingerprint density at radius 2 is 1.04 bits per heavy atom. The first-order valence-corrected chi connectivity index (χ1v) is 15.3. The Bertz CT molecular complexity index is 2250. The van der Waals surface area contributed by atoms with Crippen LogP contribution in [0.15, 0.2) is 146 Å². The minimum Gasteiger partial charge on any atom is -0.303 e. The number of rotatable bonds is 5. The van der Waals surface area contributed by atoms with E-state index in [1.807, 2.05) is 121 Å². The summed E-state index contributed by atoms with van der Waals surface area (Å²) in [5, 5.41) is 12.4. The van der Waals surface area contributed by atoms with E-state index >= 15 is 0 Å². The molecule has 1 aliphatic heterocycles. The van der Waals surface area contributed by atoms with Crippen LogP contribution in [-0.2, 0) is 0 Å². The van der Waals surface area contributed by atoms with Gasteiger partial charge in [-0.25, -0.2) is 15.0 Å². The van der Waals surface area contributed by atoms with Gasteiger partial charge in [-0.15, -0.1) is 0 Å². The standard InChI is InChI=1S/C40H27N5O2/c1-26-13-12-20-32-30-18-8-9-19-31(30)33-25-29(23-24-34(33)44(37(26)32)35-21-10-11-22-36(35)45(46)47)40-42-38(27-14-4-2-5-15-27)41-39(43-40)28-16-6-3-7-17-28/h2-25H,1H3. The van der Waals surface area contributed by atoms with Gasteiger partial charge in [0.1, 0.15) is 5.69 Å². The maximum atomic E-state index is 12.4. The van der Waals surface area contributed by atoms with Crippen molar-refractivity contribution in [2.75, 3.05) is 4.90 Å². The zero-order chi connectivity index (χ0) is 31.9. The first kappa shape index (κ1) is 28.0. The number of anilines is 3. The summed E-state index contributed by atoms with van der Waals surface area (Å²) in [4.78, 5) is 28.9. The summed E-state index contributed by atoms with van der Waals surface area (Å²) in [5.74, 6) is 1.69. The highest BCUT2D eigenvalue weighted by Gasteiger charge is 2.31. The maximum absolute atomic E-state index is 12.4. The molecule has 0 bridgehead atoms. The molecule has 0 N–H and O–H groups in total. The first-order valence-electron chi connectivity index (χ1n) is 15.3. The van der Waals surface area contributed by atoms with Crippen LogP contribution < -0.4 is 4.90 Å². The highest BCUT2D eigenvalue weighted by Crippen LogP contribution is 2.53. The van der Waals surface area contributed by atoms with E-state index in [0.29, 0.717) is 23.2 Å². The number of nitrogens with zero attached hydrogens (tertiary/aromatic N) is 5. The van der Waals surface area contributed by atoms with Gasteiger partial charge >= 0.3 is 0 Å². The molecule has 1 aromatic heterocycles.